The fourth-order valence-electron chi connectivity index (χ4n) is 4.40. The molecule has 0 radical (unpaired) electrons. The quantitative estimate of drug-likeness (QED) is 0.525. The molecule has 1 aliphatic carbocycles. The molecule has 1 aromatic heterocycles. The maximum atomic E-state index is 14.3. The lowest BCUT2D eigenvalue weighted by atomic mass is 9.85. The predicted octanol–water partition coefficient (Wildman–Crippen LogP) is 5.25. The molecule has 5 rings (SSSR count). The molecule has 0 bridgehead atoms. The minimum Gasteiger partial charge on any atom is -0.490 e. The molecule has 8 heteroatoms. The van der Waals surface area contributed by atoms with Crippen LogP contribution < -0.4 is 10.1 Å². The van der Waals surface area contributed by atoms with Crippen molar-refractivity contribution in [3.63, 3.8) is 0 Å². The van der Waals surface area contributed by atoms with E-state index < -0.39 is 11.8 Å². The van der Waals surface area contributed by atoms with Gasteiger partial charge in [0.1, 0.15) is 17.7 Å². The molecule has 168 valence electrons. The zero-order valence-electron chi connectivity index (χ0n) is 17.2. The number of hydrogen-bond donors (Lipinski definition) is 1. The molecular weight excluding hydrogens is 424 g/mol. The van der Waals surface area contributed by atoms with E-state index >= 15 is 0 Å². The van der Waals surface area contributed by atoms with Gasteiger partial charge in [0.05, 0.1) is 6.61 Å². The molecule has 32 heavy (non-hydrogen) atoms. The smallest absolute Gasteiger partial charge is 0.421 e. The monoisotopic (exact) mass is 446 g/mol. The van der Waals surface area contributed by atoms with E-state index in [1.165, 1.54) is 18.2 Å². The second kappa shape index (κ2) is 8.01. The minimum atomic E-state index is -4.47. The number of alkyl halides is 3. The minimum absolute atomic E-state index is 0.0728. The highest BCUT2D eigenvalue weighted by molar-refractivity contribution is 5.84. The van der Waals surface area contributed by atoms with Crippen LogP contribution in [0.25, 0.3) is 10.8 Å². The largest absolute Gasteiger partial charge is 0.490 e. The summed E-state index contributed by atoms with van der Waals surface area (Å²) in [5.74, 6) is 0.134. The number of aromatic nitrogens is 1. The molecule has 1 saturated heterocycles. The van der Waals surface area contributed by atoms with Crippen LogP contribution in [-0.4, -0.2) is 29.9 Å². The van der Waals surface area contributed by atoms with Crippen molar-refractivity contribution in [2.45, 2.75) is 49.7 Å². The van der Waals surface area contributed by atoms with E-state index in [1.54, 1.807) is 36.7 Å². The average molecular weight is 446 g/mol. The van der Waals surface area contributed by atoms with Gasteiger partial charge in [0.2, 0.25) is 0 Å². The van der Waals surface area contributed by atoms with Gasteiger partial charge in [-0.3, -0.25) is 4.98 Å². The third-order valence-electron chi connectivity index (χ3n) is 6.40. The lowest BCUT2D eigenvalue weighted by Crippen LogP contribution is -2.52. The van der Waals surface area contributed by atoms with Gasteiger partial charge in [0.15, 0.2) is 5.60 Å². The van der Waals surface area contributed by atoms with Crippen molar-refractivity contribution < 1.29 is 27.0 Å². The Morgan fingerprint density at radius 1 is 1.16 bits per heavy atom. The first-order chi connectivity index (χ1) is 15.4. The van der Waals surface area contributed by atoms with Crippen molar-refractivity contribution in [3.8, 4) is 5.75 Å². The first kappa shape index (κ1) is 21.2. The van der Waals surface area contributed by atoms with Crippen LogP contribution >= 0.6 is 0 Å². The van der Waals surface area contributed by atoms with E-state index in [0.717, 1.165) is 10.8 Å². The van der Waals surface area contributed by atoms with E-state index in [0.29, 0.717) is 30.7 Å². The Balaban J connectivity index is 1.19. The predicted molar refractivity (Wildman–Crippen MR) is 111 cm³/mol. The number of pyridine rings is 1. The molecule has 0 amide bonds. The molecular formula is C24H22F4N2O2. The third-order valence-corrected chi connectivity index (χ3v) is 6.40. The molecule has 1 aliphatic heterocycles. The SMILES string of the molecule is Fc1ccc2cnccc2c1CN[C@H]1C[C@H](Oc2cccc(C3(C(F)(F)F)CCO3)c2)C1. The average Bonchev–Trinajstić information content (AvgIpc) is 2.69. The Hall–Kier alpha value is -2.71. The van der Waals surface area contributed by atoms with Gasteiger partial charge < -0.3 is 14.8 Å². The van der Waals surface area contributed by atoms with Gasteiger partial charge in [0, 0.05) is 42.4 Å². The van der Waals surface area contributed by atoms with Crippen LogP contribution in [0.15, 0.2) is 54.9 Å². The Labute approximate surface area is 182 Å². The molecule has 1 saturated carbocycles. The second-order valence-electron chi connectivity index (χ2n) is 8.36. The summed E-state index contributed by atoms with van der Waals surface area (Å²) in [5, 5.41) is 5.06. The molecule has 0 spiro atoms. The number of fused-ring (bicyclic) bond motifs is 1. The number of hydrogen-bond acceptors (Lipinski definition) is 4. The van der Waals surface area contributed by atoms with Crippen LogP contribution in [0.5, 0.6) is 5.75 Å². The summed E-state index contributed by atoms with van der Waals surface area (Å²) in [5.41, 5.74) is -1.56. The molecule has 1 N–H and O–H groups in total. The van der Waals surface area contributed by atoms with E-state index in [2.05, 4.69) is 10.3 Å². The second-order valence-corrected chi connectivity index (χ2v) is 8.36. The van der Waals surface area contributed by atoms with Crippen LogP contribution in [0.2, 0.25) is 0 Å². The molecule has 2 heterocycles. The Kier molecular flexibility index (Phi) is 5.29. The topological polar surface area (TPSA) is 43.4 Å². The first-order valence-electron chi connectivity index (χ1n) is 10.6. The highest BCUT2D eigenvalue weighted by atomic mass is 19.4. The van der Waals surface area contributed by atoms with E-state index in [1.807, 2.05) is 0 Å². The van der Waals surface area contributed by atoms with Gasteiger partial charge in [-0.05, 0) is 54.1 Å². The highest BCUT2D eigenvalue weighted by Gasteiger charge is 2.61. The van der Waals surface area contributed by atoms with Crippen molar-refractivity contribution in [1.29, 1.82) is 0 Å². The van der Waals surface area contributed by atoms with Gasteiger partial charge >= 0.3 is 6.18 Å². The van der Waals surface area contributed by atoms with Crippen molar-refractivity contribution in [1.82, 2.24) is 10.3 Å². The lowest BCUT2D eigenvalue weighted by molar-refractivity contribution is -0.333. The zero-order valence-corrected chi connectivity index (χ0v) is 17.2. The Bertz CT molecular complexity index is 1120. The molecule has 1 atom stereocenters. The summed E-state index contributed by atoms with van der Waals surface area (Å²) in [6.07, 6.45) is 0.0753. The molecule has 4 nitrogen and oxygen atoms in total. The fraction of sp³-hybridized carbons (Fsp3) is 0.375. The van der Waals surface area contributed by atoms with Crippen LogP contribution in [0.4, 0.5) is 17.6 Å². The molecule has 2 aliphatic rings. The van der Waals surface area contributed by atoms with Gasteiger partial charge in [-0.1, -0.05) is 12.1 Å². The maximum absolute atomic E-state index is 14.3. The van der Waals surface area contributed by atoms with Gasteiger partial charge in [-0.15, -0.1) is 0 Å². The number of halogens is 4. The Morgan fingerprint density at radius 3 is 2.69 bits per heavy atom. The first-order valence-corrected chi connectivity index (χ1v) is 10.6. The molecule has 1 unspecified atom stereocenters. The van der Waals surface area contributed by atoms with Crippen LogP contribution in [-0.2, 0) is 16.9 Å². The third kappa shape index (κ3) is 3.71. The number of benzene rings is 2. The van der Waals surface area contributed by atoms with E-state index in [9.17, 15) is 17.6 Å². The molecule has 2 fully saturated rings. The standard InChI is InChI=1S/C24H22F4N2O2/c25-22-5-4-15-13-29-8-6-20(15)21(22)14-30-17-11-19(12-17)32-18-3-1-2-16(10-18)23(7-9-31-23)24(26,27)28/h1-6,8,10,13,17,19,30H,7,9,11-12,14H2/t17-,19-,23?. The van der Waals surface area contributed by atoms with Crippen molar-refractivity contribution in [2.24, 2.45) is 0 Å². The van der Waals surface area contributed by atoms with Crippen molar-refractivity contribution >= 4 is 10.8 Å². The van der Waals surface area contributed by atoms with Crippen molar-refractivity contribution in [3.05, 3.63) is 71.8 Å². The summed E-state index contributed by atoms with van der Waals surface area (Å²) in [7, 11) is 0. The van der Waals surface area contributed by atoms with Crippen molar-refractivity contribution in [2.75, 3.05) is 6.61 Å². The van der Waals surface area contributed by atoms with Gasteiger partial charge in [-0.2, -0.15) is 13.2 Å². The van der Waals surface area contributed by atoms with Crippen LogP contribution in [0.1, 0.15) is 30.4 Å². The Morgan fingerprint density at radius 2 is 1.97 bits per heavy atom. The lowest BCUT2D eigenvalue weighted by Gasteiger charge is -2.43. The number of ether oxygens (including phenoxy) is 2. The highest BCUT2D eigenvalue weighted by Crippen LogP contribution is 2.50. The molecule has 3 aromatic rings. The summed E-state index contributed by atoms with van der Waals surface area (Å²) in [4.78, 5) is 4.07. The van der Waals surface area contributed by atoms with Gasteiger partial charge in [-0.25, -0.2) is 4.39 Å². The van der Waals surface area contributed by atoms with Crippen LogP contribution in [0, 0.1) is 5.82 Å². The van der Waals surface area contributed by atoms with Gasteiger partial charge in [0.25, 0.3) is 0 Å². The maximum Gasteiger partial charge on any atom is 0.421 e. The summed E-state index contributed by atoms with van der Waals surface area (Å²) < 4.78 is 65.7. The van der Waals surface area contributed by atoms with E-state index in [4.69, 9.17) is 9.47 Å². The fourth-order valence-corrected chi connectivity index (χ4v) is 4.40. The number of nitrogens with zero attached hydrogens (tertiary/aromatic N) is 1. The van der Waals surface area contributed by atoms with Crippen LogP contribution in [0.3, 0.4) is 0 Å². The summed E-state index contributed by atoms with van der Waals surface area (Å²) in [6, 6.07) is 11.2. The number of rotatable bonds is 6. The normalized spacial score (nSPS) is 25.2. The zero-order chi connectivity index (χ0) is 22.3. The summed E-state index contributed by atoms with van der Waals surface area (Å²) >= 11 is 0. The van der Waals surface area contributed by atoms with E-state index in [-0.39, 0.29) is 36.6 Å². The molecule has 2 aromatic carbocycles. The summed E-state index contributed by atoms with van der Waals surface area (Å²) in [6.45, 7) is 0.472. The number of nitrogens with one attached hydrogen (secondary N) is 1.